The molecule has 154 valence electrons. The molecule has 1 aliphatic heterocycles. The zero-order chi connectivity index (χ0) is 21.0. The Hall–Kier alpha value is -2.98. The molecule has 29 heavy (non-hydrogen) atoms. The van der Waals surface area contributed by atoms with E-state index in [1.165, 1.54) is 28.6 Å². The number of piperazine rings is 1. The van der Waals surface area contributed by atoms with Crippen LogP contribution >= 0.6 is 0 Å². The highest BCUT2D eigenvalue weighted by atomic mass is 32.2. The highest BCUT2D eigenvalue weighted by molar-refractivity contribution is 7.89. The number of benzene rings is 2. The molecule has 0 unspecified atom stereocenters. The number of anilines is 1. The molecule has 0 aliphatic carbocycles. The maximum Gasteiger partial charge on any atom is 0.289 e. The van der Waals surface area contributed by atoms with Crippen molar-refractivity contribution in [2.45, 2.75) is 4.90 Å². The van der Waals surface area contributed by atoms with E-state index in [2.05, 4.69) is 0 Å². The zero-order valence-electron chi connectivity index (χ0n) is 16.0. The number of likely N-dealkylation sites (N-methyl/N-ethyl adjacent to an activating group) is 1. The van der Waals surface area contributed by atoms with Crippen LogP contribution in [0.3, 0.4) is 0 Å². The normalized spacial score (nSPS) is 15.1. The van der Waals surface area contributed by atoms with Crippen molar-refractivity contribution < 1.29 is 18.1 Å². The van der Waals surface area contributed by atoms with Crippen LogP contribution in [-0.2, 0) is 14.8 Å². The second-order valence-electron chi connectivity index (χ2n) is 6.70. The summed E-state index contributed by atoms with van der Waals surface area (Å²) in [6, 6.07) is 14.8. The molecule has 2 aromatic rings. The predicted octanol–water partition coefficient (Wildman–Crippen LogP) is 1.56. The molecule has 1 fully saturated rings. The Kier molecular flexibility index (Phi) is 6.14. The summed E-state index contributed by atoms with van der Waals surface area (Å²) in [7, 11) is -2.19. The van der Waals surface area contributed by atoms with E-state index in [4.69, 9.17) is 0 Å². The van der Waals surface area contributed by atoms with Gasteiger partial charge in [-0.05, 0) is 18.2 Å². The fourth-order valence-corrected chi connectivity index (χ4v) is 4.80. The topological polar surface area (TPSA) is 104 Å². The number of carbonyl (C=O) groups excluding carboxylic acids is 1. The quantitative estimate of drug-likeness (QED) is 0.521. The maximum atomic E-state index is 12.9. The monoisotopic (exact) mass is 418 g/mol. The van der Waals surface area contributed by atoms with Gasteiger partial charge in [0.15, 0.2) is 4.90 Å². The molecule has 1 aliphatic rings. The minimum absolute atomic E-state index is 0.0924. The number of hydrogen-bond acceptors (Lipinski definition) is 6. The van der Waals surface area contributed by atoms with Crippen molar-refractivity contribution in [3.63, 3.8) is 0 Å². The molecular formula is C19H22N4O5S. The van der Waals surface area contributed by atoms with Crippen molar-refractivity contribution in [1.29, 1.82) is 0 Å². The first kappa shape index (κ1) is 20.7. The Morgan fingerprint density at radius 1 is 1.03 bits per heavy atom. The first-order valence-corrected chi connectivity index (χ1v) is 10.5. The van der Waals surface area contributed by atoms with Crippen molar-refractivity contribution in [2.24, 2.45) is 0 Å². The largest absolute Gasteiger partial charge is 0.365 e. The number of rotatable bonds is 6. The van der Waals surface area contributed by atoms with Gasteiger partial charge in [0.25, 0.3) is 5.69 Å². The fraction of sp³-hybridized carbons (Fsp3) is 0.316. The van der Waals surface area contributed by atoms with Gasteiger partial charge in [0.2, 0.25) is 15.9 Å². The molecule has 0 spiro atoms. The number of nitro benzene ring substituents is 1. The molecule has 1 saturated heterocycles. The van der Waals surface area contributed by atoms with Crippen LogP contribution in [0.5, 0.6) is 0 Å². The van der Waals surface area contributed by atoms with Crippen molar-refractivity contribution >= 4 is 27.3 Å². The number of amides is 1. The standard InChI is InChI=1S/C19H22N4O5S/c1-20(16-7-3-2-4-8-16)15-19(24)21-11-13-22(14-12-21)29(27,28)18-10-6-5-9-17(18)23(25)26/h2-10H,11-15H2,1H3. The lowest BCUT2D eigenvalue weighted by Gasteiger charge is -2.34. The molecule has 0 atom stereocenters. The van der Waals surface area contributed by atoms with Gasteiger partial charge in [-0.1, -0.05) is 30.3 Å². The van der Waals surface area contributed by atoms with Crippen LogP contribution in [0.15, 0.2) is 59.5 Å². The fourth-order valence-electron chi connectivity index (χ4n) is 3.22. The summed E-state index contributed by atoms with van der Waals surface area (Å²) < 4.78 is 26.9. The summed E-state index contributed by atoms with van der Waals surface area (Å²) in [5, 5.41) is 11.2. The lowest BCUT2D eigenvalue weighted by molar-refractivity contribution is -0.387. The summed E-state index contributed by atoms with van der Waals surface area (Å²) in [5.74, 6) is -0.0981. The molecule has 0 bridgehead atoms. The van der Waals surface area contributed by atoms with Crippen LogP contribution in [0, 0.1) is 10.1 Å². The maximum absolute atomic E-state index is 12.9. The van der Waals surface area contributed by atoms with E-state index in [1.807, 2.05) is 42.3 Å². The molecule has 0 aromatic heterocycles. The number of carbonyl (C=O) groups is 1. The molecule has 1 amide bonds. The van der Waals surface area contributed by atoms with Gasteiger partial charge in [-0.3, -0.25) is 14.9 Å². The van der Waals surface area contributed by atoms with Crippen LogP contribution in [0.4, 0.5) is 11.4 Å². The highest BCUT2D eigenvalue weighted by Crippen LogP contribution is 2.27. The van der Waals surface area contributed by atoms with E-state index < -0.39 is 20.6 Å². The van der Waals surface area contributed by atoms with E-state index >= 15 is 0 Å². The van der Waals surface area contributed by atoms with Gasteiger partial charge in [-0.25, -0.2) is 8.42 Å². The second kappa shape index (κ2) is 8.58. The molecule has 0 radical (unpaired) electrons. The molecule has 1 heterocycles. The SMILES string of the molecule is CN(CC(=O)N1CCN(S(=O)(=O)c2ccccc2[N+](=O)[O-])CC1)c1ccccc1. The number of para-hydroxylation sites is 2. The van der Waals surface area contributed by atoms with Crippen LogP contribution in [0.1, 0.15) is 0 Å². The summed E-state index contributed by atoms with van der Waals surface area (Å²) in [4.78, 5) is 26.2. The average molecular weight is 418 g/mol. The Labute approximate surface area is 169 Å². The Balaban J connectivity index is 1.64. The van der Waals surface area contributed by atoms with E-state index in [1.54, 1.807) is 4.90 Å². The summed E-state index contributed by atoms with van der Waals surface area (Å²) in [5.41, 5.74) is 0.467. The number of nitrogens with zero attached hydrogens (tertiary/aromatic N) is 4. The Bertz CT molecular complexity index is 989. The highest BCUT2D eigenvalue weighted by Gasteiger charge is 2.34. The Morgan fingerprint density at radius 3 is 2.24 bits per heavy atom. The van der Waals surface area contributed by atoms with Crippen LogP contribution in [-0.4, -0.2) is 68.2 Å². The second-order valence-corrected chi connectivity index (χ2v) is 8.61. The van der Waals surface area contributed by atoms with Crippen molar-refractivity contribution in [3.05, 3.63) is 64.7 Å². The summed E-state index contributed by atoms with van der Waals surface area (Å²) >= 11 is 0. The third kappa shape index (κ3) is 4.54. The molecule has 0 saturated carbocycles. The lowest BCUT2D eigenvalue weighted by atomic mass is 10.3. The van der Waals surface area contributed by atoms with Crippen molar-refractivity contribution in [3.8, 4) is 0 Å². The zero-order valence-corrected chi connectivity index (χ0v) is 16.8. The van der Waals surface area contributed by atoms with Crippen LogP contribution in [0.25, 0.3) is 0 Å². The number of nitro groups is 1. The molecule has 0 N–H and O–H groups in total. The summed E-state index contributed by atoms with van der Waals surface area (Å²) in [6.07, 6.45) is 0. The van der Waals surface area contributed by atoms with Gasteiger partial charge in [0, 0.05) is 45.0 Å². The van der Waals surface area contributed by atoms with Gasteiger partial charge in [-0.15, -0.1) is 0 Å². The van der Waals surface area contributed by atoms with Gasteiger partial charge >= 0.3 is 0 Å². The van der Waals surface area contributed by atoms with Crippen molar-refractivity contribution in [1.82, 2.24) is 9.21 Å². The van der Waals surface area contributed by atoms with Crippen LogP contribution < -0.4 is 4.90 Å². The molecular weight excluding hydrogens is 396 g/mol. The first-order valence-electron chi connectivity index (χ1n) is 9.08. The minimum atomic E-state index is -4.01. The van der Waals surface area contributed by atoms with E-state index in [0.29, 0.717) is 0 Å². The van der Waals surface area contributed by atoms with E-state index in [-0.39, 0.29) is 43.5 Å². The molecule has 9 nitrogen and oxygen atoms in total. The molecule has 10 heteroatoms. The molecule has 3 rings (SSSR count). The third-order valence-electron chi connectivity index (χ3n) is 4.84. The Morgan fingerprint density at radius 2 is 1.62 bits per heavy atom. The van der Waals surface area contributed by atoms with Crippen LogP contribution in [0.2, 0.25) is 0 Å². The first-order chi connectivity index (χ1) is 13.8. The van der Waals surface area contributed by atoms with Gasteiger partial charge in [0.1, 0.15) is 0 Å². The summed E-state index contributed by atoms with van der Waals surface area (Å²) in [6.45, 7) is 0.841. The lowest BCUT2D eigenvalue weighted by Crippen LogP contribution is -2.52. The average Bonchev–Trinajstić information content (AvgIpc) is 2.74. The smallest absolute Gasteiger partial charge is 0.289 e. The van der Waals surface area contributed by atoms with Gasteiger partial charge < -0.3 is 9.80 Å². The van der Waals surface area contributed by atoms with Gasteiger partial charge in [-0.2, -0.15) is 4.31 Å². The minimum Gasteiger partial charge on any atom is -0.365 e. The van der Waals surface area contributed by atoms with Gasteiger partial charge in [0.05, 0.1) is 11.5 Å². The number of sulfonamides is 1. The van der Waals surface area contributed by atoms with E-state index in [0.717, 1.165) is 5.69 Å². The van der Waals surface area contributed by atoms with E-state index in [9.17, 15) is 23.3 Å². The predicted molar refractivity (Wildman–Crippen MR) is 108 cm³/mol. The molecule has 2 aromatic carbocycles. The van der Waals surface area contributed by atoms with Crippen molar-refractivity contribution in [2.75, 3.05) is 44.7 Å². The third-order valence-corrected chi connectivity index (χ3v) is 6.79. The number of hydrogen-bond donors (Lipinski definition) is 0.